The summed E-state index contributed by atoms with van der Waals surface area (Å²) in [4.78, 5) is 12.9. The van der Waals surface area contributed by atoms with Crippen LogP contribution in [0, 0.1) is 0 Å². The van der Waals surface area contributed by atoms with E-state index in [2.05, 4.69) is 5.32 Å². The number of hydrogen-bond donors (Lipinski definition) is 2. The third kappa shape index (κ3) is 4.50. The van der Waals surface area contributed by atoms with Crippen molar-refractivity contribution in [1.82, 2.24) is 0 Å². The van der Waals surface area contributed by atoms with E-state index in [1.165, 1.54) is 5.56 Å². The molecule has 0 aliphatic carbocycles. The molecule has 1 aromatic heterocycles. The van der Waals surface area contributed by atoms with Crippen molar-refractivity contribution in [1.29, 1.82) is 0 Å². The number of anilines is 1. The largest absolute Gasteiger partial charge is 0.330 e. The number of amides is 1. The van der Waals surface area contributed by atoms with Crippen molar-refractivity contribution in [2.45, 2.75) is 19.3 Å². The van der Waals surface area contributed by atoms with Gasteiger partial charge in [0.1, 0.15) is 0 Å². The second-order valence-electron chi connectivity index (χ2n) is 4.39. The number of aryl methyl sites for hydroxylation is 1. The van der Waals surface area contributed by atoms with Gasteiger partial charge in [-0.15, -0.1) is 11.3 Å². The Morgan fingerprint density at radius 2 is 2.00 bits per heavy atom. The van der Waals surface area contributed by atoms with Gasteiger partial charge in [0.25, 0.3) is 0 Å². The molecule has 0 saturated heterocycles. The minimum absolute atomic E-state index is 0.0251. The van der Waals surface area contributed by atoms with E-state index in [0.29, 0.717) is 13.0 Å². The summed E-state index contributed by atoms with van der Waals surface area (Å²) in [6.45, 7) is 0.708. The van der Waals surface area contributed by atoms with E-state index >= 15 is 0 Å². The van der Waals surface area contributed by atoms with Crippen molar-refractivity contribution in [3.8, 4) is 0 Å². The fraction of sp³-hybridized carbons (Fsp3) is 0.267. The fourth-order valence-corrected chi connectivity index (χ4v) is 2.54. The Balaban J connectivity index is 1.86. The van der Waals surface area contributed by atoms with Gasteiger partial charge in [-0.2, -0.15) is 0 Å². The molecule has 0 atom stereocenters. The third-order valence-corrected chi connectivity index (χ3v) is 3.70. The predicted molar refractivity (Wildman–Crippen MR) is 80.5 cm³/mol. The molecule has 0 fully saturated rings. The molecule has 100 valence electrons. The van der Waals surface area contributed by atoms with Gasteiger partial charge in [0.05, 0.1) is 6.42 Å². The zero-order valence-electron chi connectivity index (χ0n) is 10.8. The number of rotatable bonds is 6. The molecule has 0 radical (unpaired) electrons. The quantitative estimate of drug-likeness (QED) is 0.851. The molecule has 0 unspecified atom stereocenters. The van der Waals surface area contributed by atoms with E-state index < -0.39 is 0 Å². The summed E-state index contributed by atoms with van der Waals surface area (Å²) in [7, 11) is 0. The van der Waals surface area contributed by atoms with Gasteiger partial charge in [-0.25, -0.2) is 0 Å². The summed E-state index contributed by atoms with van der Waals surface area (Å²) in [6, 6.07) is 11.9. The maximum absolute atomic E-state index is 11.8. The zero-order chi connectivity index (χ0) is 13.5. The molecule has 4 heteroatoms. The van der Waals surface area contributed by atoms with Gasteiger partial charge in [0.15, 0.2) is 0 Å². The number of carbonyl (C=O) groups is 1. The molecule has 0 aliphatic rings. The Morgan fingerprint density at radius 1 is 1.21 bits per heavy atom. The summed E-state index contributed by atoms with van der Waals surface area (Å²) in [5.41, 5.74) is 7.58. The SMILES string of the molecule is NCCCc1ccc(NC(=O)Cc2cccs2)cc1. The maximum Gasteiger partial charge on any atom is 0.229 e. The molecule has 0 aliphatic heterocycles. The highest BCUT2D eigenvalue weighted by atomic mass is 32.1. The summed E-state index contributed by atoms with van der Waals surface area (Å²) >= 11 is 1.60. The standard InChI is InChI=1S/C15H18N2OS/c16-9-1-3-12-5-7-13(8-6-12)17-15(18)11-14-4-2-10-19-14/h2,4-8,10H,1,3,9,11,16H2,(H,17,18). The van der Waals surface area contributed by atoms with Crippen LogP contribution in [0.3, 0.4) is 0 Å². The fourth-order valence-electron chi connectivity index (χ4n) is 1.84. The molecule has 0 saturated carbocycles. The Labute approximate surface area is 117 Å². The summed E-state index contributed by atoms with van der Waals surface area (Å²) < 4.78 is 0. The maximum atomic E-state index is 11.8. The molecule has 2 aromatic rings. The van der Waals surface area contributed by atoms with Crippen LogP contribution < -0.4 is 11.1 Å². The highest BCUT2D eigenvalue weighted by molar-refractivity contribution is 7.10. The monoisotopic (exact) mass is 274 g/mol. The van der Waals surface area contributed by atoms with Gasteiger partial charge in [-0.3, -0.25) is 4.79 Å². The zero-order valence-corrected chi connectivity index (χ0v) is 11.6. The first kappa shape index (κ1) is 13.8. The summed E-state index contributed by atoms with van der Waals surface area (Å²) in [5, 5.41) is 4.89. The number of nitrogens with two attached hydrogens (primary N) is 1. The van der Waals surface area contributed by atoms with Gasteiger partial charge >= 0.3 is 0 Å². The van der Waals surface area contributed by atoms with E-state index in [0.717, 1.165) is 23.4 Å². The topological polar surface area (TPSA) is 55.1 Å². The number of nitrogens with one attached hydrogen (secondary N) is 1. The molecule has 3 nitrogen and oxygen atoms in total. The normalized spacial score (nSPS) is 10.4. The first-order valence-corrected chi connectivity index (χ1v) is 7.27. The first-order chi connectivity index (χ1) is 9.28. The highest BCUT2D eigenvalue weighted by Gasteiger charge is 2.04. The number of hydrogen-bond acceptors (Lipinski definition) is 3. The van der Waals surface area contributed by atoms with Crippen LogP contribution in [0.4, 0.5) is 5.69 Å². The van der Waals surface area contributed by atoms with Crippen LogP contribution in [0.25, 0.3) is 0 Å². The molecule has 0 bridgehead atoms. The summed E-state index contributed by atoms with van der Waals surface area (Å²) in [5.74, 6) is 0.0251. The van der Waals surface area contributed by atoms with Crippen LogP contribution in [0.2, 0.25) is 0 Å². The van der Waals surface area contributed by atoms with Crippen LogP contribution in [0.1, 0.15) is 16.9 Å². The van der Waals surface area contributed by atoms with E-state index in [1.807, 2.05) is 41.8 Å². The Kier molecular flexibility index (Phi) is 5.12. The summed E-state index contributed by atoms with van der Waals surface area (Å²) in [6.07, 6.45) is 2.41. The van der Waals surface area contributed by atoms with E-state index in [-0.39, 0.29) is 5.91 Å². The van der Waals surface area contributed by atoms with Crippen LogP contribution >= 0.6 is 11.3 Å². The van der Waals surface area contributed by atoms with E-state index in [9.17, 15) is 4.79 Å². The van der Waals surface area contributed by atoms with Gasteiger partial charge in [-0.1, -0.05) is 18.2 Å². The van der Waals surface area contributed by atoms with Gasteiger partial charge < -0.3 is 11.1 Å². The molecule has 3 N–H and O–H groups in total. The average Bonchev–Trinajstić information content (AvgIpc) is 2.90. The lowest BCUT2D eigenvalue weighted by Crippen LogP contribution is -2.13. The van der Waals surface area contributed by atoms with Gasteiger partial charge in [-0.05, 0) is 48.5 Å². The minimum atomic E-state index is 0.0251. The smallest absolute Gasteiger partial charge is 0.229 e. The van der Waals surface area contributed by atoms with E-state index in [1.54, 1.807) is 11.3 Å². The molecule has 1 amide bonds. The lowest BCUT2D eigenvalue weighted by molar-refractivity contribution is -0.115. The molecule has 1 aromatic carbocycles. The van der Waals surface area contributed by atoms with Crippen molar-refractivity contribution < 1.29 is 4.79 Å². The number of carbonyl (C=O) groups excluding carboxylic acids is 1. The van der Waals surface area contributed by atoms with Crippen molar-refractivity contribution in [2.24, 2.45) is 5.73 Å². The lowest BCUT2D eigenvalue weighted by Gasteiger charge is -2.06. The first-order valence-electron chi connectivity index (χ1n) is 6.39. The molecule has 19 heavy (non-hydrogen) atoms. The molecule has 2 rings (SSSR count). The molecule has 0 spiro atoms. The Bertz CT molecular complexity index is 505. The van der Waals surface area contributed by atoms with Crippen molar-refractivity contribution in [3.05, 3.63) is 52.2 Å². The number of thiophene rings is 1. The van der Waals surface area contributed by atoms with Crippen LogP contribution in [-0.2, 0) is 17.6 Å². The number of benzene rings is 1. The highest BCUT2D eigenvalue weighted by Crippen LogP contribution is 2.13. The van der Waals surface area contributed by atoms with Crippen molar-refractivity contribution >= 4 is 22.9 Å². The predicted octanol–water partition coefficient (Wildman–Crippen LogP) is 2.82. The lowest BCUT2D eigenvalue weighted by atomic mass is 10.1. The molecular weight excluding hydrogens is 256 g/mol. The van der Waals surface area contributed by atoms with Crippen molar-refractivity contribution in [3.63, 3.8) is 0 Å². The second-order valence-corrected chi connectivity index (χ2v) is 5.43. The van der Waals surface area contributed by atoms with Gasteiger partial charge in [0, 0.05) is 10.6 Å². The van der Waals surface area contributed by atoms with Crippen molar-refractivity contribution in [2.75, 3.05) is 11.9 Å². The van der Waals surface area contributed by atoms with E-state index in [4.69, 9.17) is 5.73 Å². The Morgan fingerprint density at radius 3 is 2.63 bits per heavy atom. The second kappa shape index (κ2) is 7.07. The van der Waals surface area contributed by atoms with Crippen LogP contribution in [0.5, 0.6) is 0 Å². The van der Waals surface area contributed by atoms with Crippen LogP contribution in [0.15, 0.2) is 41.8 Å². The average molecular weight is 274 g/mol. The minimum Gasteiger partial charge on any atom is -0.330 e. The van der Waals surface area contributed by atoms with Crippen LogP contribution in [-0.4, -0.2) is 12.5 Å². The van der Waals surface area contributed by atoms with Gasteiger partial charge in [0.2, 0.25) is 5.91 Å². The Hall–Kier alpha value is -1.65. The molecule has 1 heterocycles. The molecular formula is C15H18N2OS. The third-order valence-electron chi connectivity index (χ3n) is 2.82.